The van der Waals surface area contributed by atoms with Gasteiger partial charge in [0, 0.05) is 24.5 Å². The Morgan fingerprint density at radius 3 is 2.68 bits per heavy atom. The average molecular weight is 404 g/mol. The minimum absolute atomic E-state index is 0. The molecule has 1 aliphatic rings. The average Bonchev–Trinajstić information content (AvgIpc) is 2.66. The molecule has 152 valence electrons. The predicted octanol–water partition coefficient (Wildman–Crippen LogP) is 3.68. The lowest BCUT2D eigenvalue weighted by molar-refractivity contribution is -0.119. The van der Waals surface area contributed by atoms with E-state index >= 15 is 0 Å². The molecule has 0 fully saturated rings. The summed E-state index contributed by atoms with van der Waals surface area (Å²) in [5, 5.41) is 3.05. The number of hydrogen-bond acceptors (Lipinski definition) is 4. The first-order valence-corrected chi connectivity index (χ1v) is 9.62. The lowest BCUT2D eigenvalue weighted by Gasteiger charge is -2.31. The number of rotatable bonds is 7. The normalized spacial score (nSPS) is 13.0. The summed E-state index contributed by atoms with van der Waals surface area (Å²) in [5.74, 6) is 0.0184. The number of nitrogen functional groups attached to an aromatic ring is 1. The zero-order valence-corrected chi connectivity index (χ0v) is 17.4. The molecule has 2 aromatic rings. The molecule has 0 radical (unpaired) electrons. The number of fused-ring (bicyclic) bond motifs is 1. The minimum Gasteiger partial charge on any atom is -0.398 e. The molecule has 0 bridgehead atoms. The highest BCUT2D eigenvalue weighted by Gasteiger charge is 2.20. The molecule has 0 aliphatic carbocycles. The molecule has 6 heteroatoms. The second-order valence-corrected chi connectivity index (χ2v) is 7.28. The number of nitrogens with zero attached hydrogens (tertiary/aromatic N) is 1. The Morgan fingerprint density at radius 2 is 1.93 bits per heavy atom. The van der Waals surface area contributed by atoms with E-state index in [1.54, 1.807) is 0 Å². The maximum absolute atomic E-state index is 12.5. The van der Waals surface area contributed by atoms with Crippen molar-refractivity contribution >= 4 is 29.7 Å². The first-order chi connectivity index (χ1) is 13.0. The summed E-state index contributed by atoms with van der Waals surface area (Å²) < 4.78 is 5.71. The van der Waals surface area contributed by atoms with Crippen LogP contribution < -0.4 is 16.0 Å². The molecule has 0 unspecified atom stereocenters. The van der Waals surface area contributed by atoms with Crippen LogP contribution in [0, 0.1) is 0 Å². The number of halogens is 1. The van der Waals surface area contributed by atoms with E-state index in [-0.39, 0.29) is 24.4 Å². The number of amides is 1. The summed E-state index contributed by atoms with van der Waals surface area (Å²) in [6.07, 6.45) is 2.17. The van der Waals surface area contributed by atoms with Gasteiger partial charge in [-0.05, 0) is 55.5 Å². The van der Waals surface area contributed by atoms with Crippen molar-refractivity contribution in [1.29, 1.82) is 0 Å². The summed E-state index contributed by atoms with van der Waals surface area (Å²) in [6, 6.07) is 14.0. The Kier molecular flexibility index (Phi) is 8.15. The summed E-state index contributed by atoms with van der Waals surface area (Å²) in [5.41, 5.74) is 11.4. The topological polar surface area (TPSA) is 67.6 Å². The molecule has 2 aromatic carbocycles. The van der Waals surface area contributed by atoms with E-state index < -0.39 is 0 Å². The molecule has 0 saturated carbocycles. The SMILES string of the molecule is CC(C)OCc1ccccc1CNC(=O)CN1CCCc2c(N)cccc21.Cl. The number of ether oxygens (including phenoxy) is 1. The van der Waals surface area contributed by atoms with E-state index in [0.29, 0.717) is 19.7 Å². The number of benzene rings is 2. The van der Waals surface area contributed by atoms with Crippen molar-refractivity contribution < 1.29 is 9.53 Å². The third-order valence-electron chi connectivity index (χ3n) is 4.88. The molecule has 3 N–H and O–H groups in total. The zero-order chi connectivity index (χ0) is 19.2. The largest absolute Gasteiger partial charge is 0.398 e. The monoisotopic (exact) mass is 403 g/mol. The number of nitrogens with one attached hydrogen (secondary N) is 1. The van der Waals surface area contributed by atoms with Crippen LogP contribution in [0.3, 0.4) is 0 Å². The van der Waals surface area contributed by atoms with Gasteiger partial charge < -0.3 is 20.7 Å². The second-order valence-electron chi connectivity index (χ2n) is 7.28. The second kappa shape index (κ2) is 10.3. The lowest BCUT2D eigenvalue weighted by Crippen LogP contribution is -2.39. The van der Waals surface area contributed by atoms with Gasteiger partial charge >= 0.3 is 0 Å². The van der Waals surface area contributed by atoms with Gasteiger partial charge in [0.2, 0.25) is 5.91 Å². The predicted molar refractivity (Wildman–Crippen MR) is 117 cm³/mol. The third-order valence-corrected chi connectivity index (χ3v) is 4.88. The smallest absolute Gasteiger partial charge is 0.239 e. The van der Waals surface area contributed by atoms with Crippen LogP contribution >= 0.6 is 12.4 Å². The van der Waals surface area contributed by atoms with Crippen LogP contribution in [-0.4, -0.2) is 25.1 Å². The molecule has 1 heterocycles. The highest BCUT2D eigenvalue weighted by molar-refractivity contribution is 5.85. The van der Waals surface area contributed by atoms with Crippen LogP contribution in [0.2, 0.25) is 0 Å². The summed E-state index contributed by atoms with van der Waals surface area (Å²) in [6.45, 7) is 6.33. The summed E-state index contributed by atoms with van der Waals surface area (Å²) >= 11 is 0. The number of nitrogens with two attached hydrogens (primary N) is 1. The standard InChI is InChI=1S/C22H29N3O2.ClH/c1-16(2)27-15-18-8-4-3-7-17(18)13-24-22(26)14-25-12-6-9-19-20(23)10-5-11-21(19)25;/h3-5,7-8,10-11,16H,6,9,12-15,23H2,1-2H3,(H,24,26);1H. The van der Waals surface area contributed by atoms with Crippen LogP contribution in [0.1, 0.15) is 37.0 Å². The molecular weight excluding hydrogens is 374 g/mol. The zero-order valence-electron chi connectivity index (χ0n) is 16.6. The first-order valence-electron chi connectivity index (χ1n) is 9.62. The van der Waals surface area contributed by atoms with E-state index in [9.17, 15) is 4.79 Å². The van der Waals surface area contributed by atoms with E-state index in [1.807, 2.05) is 50.2 Å². The number of hydrogen-bond donors (Lipinski definition) is 2. The fourth-order valence-corrected chi connectivity index (χ4v) is 3.44. The fourth-order valence-electron chi connectivity index (χ4n) is 3.44. The molecule has 28 heavy (non-hydrogen) atoms. The summed E-state index contributed by atoms with van der Waals surface area (Å²) in [4.78, 5) is 14.7. The Bertz CT molecular complexity index is 795. The Labute approximate surface area is 173 Å². The quantitative estimate of drug-likeness (QED) is 0.692. The van der Waals surface area contributed by atoms with Gasteiger partial charge in [-0.15, -0.1) is 12.4 Å². The van der Waals surface area contributed by atoms with Gasteiger partial charge in [0.15, 0.2) is 0 Å². The highest BCUT2D eigenvalue weighted by Crippen LogP contribution is 2.30. The van der Waals surface area contributed by atoms with Gasteiger partial charge in [0.1, 0.15) is 0 Å². The van der Waals surface area contributed by atoms with Crippen LogP contribution in [0.25, 0.3) is 0 Å². The van der Waals surface area contributed by atoms with Gasteiger partial charge in [0.25, 0.3) is 0 Å². The molecule has 3 rings (SSSR count). The third kappa shape index (κ3) is 5.63. The molecule has 1 aliphatic heterocycles. The van der Waals surface area contributed by atoms with Crippen LogP contribution in [0.15, 0.2) is 42.5 Å². The van der Waals surface area contributed by atoms with Crippen LogP contribution in [-0.2, 0) is 29.1 Å². The number of anilines is 2. The fraction of sp³-hybridized carbons (Fsp3) is 0.409. The van der Waals surface area contributed by atoms with Crippen molar-refractivity contribution in [2.45, 2.75) is 45.9 Å². The van der Waals surface area contributed by atoms with E-state index in [1.165, 1.54) is 0 Å². The lowest BCUT2D eigenvalue weighted by atomic mass is 10.00. The number of carbonyl (C=O) groups is 1. The van der Waals surface area contributed by atoms with Gasteiger partial charge in [-0.1, -0.05) is 30.3 Å². The van der Waals surface area contributed by atoms with Gasteiger partial charge in [-0.25, -0.2) is 0 Å². The Balaban J connectivity index is 0.00000280. The van der Waals surface area contributed by atoms with E-state index in [2.05, 4.69) is 16.3 Å². The van der Waals surface area contributed by atoms with Crippen molar-refractivity contribution in [3.05, 3.63) is 59.2 Å². The van der Waals surface area contributed by atoms with Gasteiger partial charge in [-0.2, -0.15) is 0 Å². The van der Waals surface area contributed by atoms with Gasteiger partial charge in [0.05, 0.1) is 19.3 Å². The minimum atomic E-state index is 0. The van der Waals surface area contributed by atoms with Crippen molar-refractivity contribution in [3.63, 3.8) is 0 Å². The van der Waals surface area contributed by atoms with Crippen molar-refractivity contribution in [3.8, 4) is 0 Å². The molecule has 0 saturated heterocycles. The van der Waals surface area contributed by atoms with E-state index in [4.69, 9.17) is 10.5 Å². The van der Waals surface area contributed by atoms with Crippen molar-refractivity contribution in [1.82, 2.24) is 5.32 Å². The first kappa shape index (κ1) is 22.1. The maximum atomic E-state index is 12.5. The number of carbonyl (C=O) groups excluding carboxylic acids is 1. The molecule has 0 atom stereocenters. The Morgan fingerprint density at radius 1 is 1.18 bits per heavy atom. The maximum Gasteiger partial charge on any atom is 0.239 e. The van der Waals surface area contributed by atoms with E-state index in [0.717, 1.165) is 47.5 Å². The van der Waals surface area contributed by atoms with Gasteiger partial charge in [-0.3, -0.25) is 4.79 Å². The summed E-state index contributed by atoms with van der Waals surface area (Å²) in [7, 11) is 0. The molecule has 1 amide bonds. The van der Waals surface area contributed by atoms with Crippen molar-refractivity contribution in [2.24, 2.45) is 0 Å². The highest BCUT2D eigenvalue weighted by atomic mass is 35.5. The van der Waals surface area contributed by atoms with Crippen LogP contribution in [0.4, 0.5) is 11.4 Å². The molecular formula is C22H30ClN3O2. The molecule has 5 nitrogen and oxygen atoms in total. The molecule has 0 aromatic heterocycles. The Hall–Kier alpha value is -2.24. The van der Waals surface area contributed by atoms with Crippen LogP contribution in [0.5, 0.6) is 0 Å². The molecule has 0 spiro atoms. The van der Waals surface area contributed by atoms with Crippen molar-refractivity contribution in [2.75, 3.05) is 23.7 Å².